The first-order valence-corrected chi connectivity index (χ1v) is 44.5. The fourth-order valence-corrected chi connectivity index (χ4v) is 18.0. The third-order valence-corrected chi connectivity index (χ3v) is 25.2. The summed E-state index contributed by atoms with van der Waals surface area (Å²) in [5, 5.41) is 334. The molecule has 34 N–H and O–H groups in total. The van der Waals surface area contributed by atoms with Crippen molar-refractivity contribution in [2.45, 2.75) is 372 Å². The van der Waals surface area contributed by atoms with Crippen LogP contribution in [0.5, 0.6) is 0 Å². The quantitative estimate of drug-likeness (QED) is 0.0259. The van der Waals surface area contributed by atoms with Gasteiger partial charge in [-0.2, -0.15) is 8.42 Å². The van der Waals surface area contributed by atoms with E-state index in [9.17, 15) is 180 Å². The third kappa shape index (κ3) is 25.5. The first kappa shape index (κ1) is 113. The van der Waals surface area contributed by atoms with E-state index in [0.717, 1.165) is 27.7 Å². The molecule has 0 saturated carbocycles. The van der Waals surface area contributed by atoms with Crippen LogP contribution in [0.4, 0.5) is 0 Å². The molecule has 794 valence electrons. The molecule has 55 atom stereocenters. The molecule has 0 spiro atoms. The Morgan fingerprint density at radius 3 is 0.847 bits per heavy atom. The lowest BCUT2D eigenvalue weighted by Crippen LogP contribution is -2.71. The van der Waals surface area contributed by atoms with Crippen LogP contribution in [0.1, 0.15) is 34.6 Å². The summed E-state index contributed by atoms with van der Waals surface area (Å²) in [7, 11) is -5.50. The monoisotopic (exact) mass is 2030 g/mol. The largest absolute Gasteiger partial charge is 0.397 e. The van der Waals surface area contributed by atoms with Gasteiger partial charge in [0.05, 0.1) is 72.2 Å². The van der Waals surface area contributed by atoms with Gasteiger partial charge in [0.25, 0.3) is 0 Å². The Bertz CT molecular complexity index is 3910. The summed E-state index contributed by atoms with van der Waals surface area (Å²) in [6.07, 6.45) is -109. The minimum atomic E-state index is -5.50. The number of aliphatic hydroxyl groups is 29. The molecule has 62 nitrogen and oxygen atoms in total. The SMILES string of the molecule is CC(=O)N[C@H]1[C@H](OC[C@H]2O[C@@H](O[C@H]3[C@H](O)[C@@H](NC(C)=O)[C@H](O[C@H]4[C@@H](O)[C@@H](CO[C@@H]5O[C@H](CO)[C@@H](O[C@@H]6O[C@H](CO)[C@H](O)[C@H](OS(=O)(=O)O)[C@H]6O)[C@H](O)[C@H]5NC(C)=O)O[C@@H](O[C@H]5[C@H](O)[C@@H](O)C(O)O[C@@H]5CO)[C@@H]4O)O[C@@H]3CO)[C@H](O)[C@@H](O[C@@H]3O[C@H](CO)[C@@H](O[C@@H]4O[C@H](CO)[C@H](O)[C@H](O)[C@H]4O[C@@H]4O[C@@H](C)[C@@H](O)[C@@H](O)[C@@H]4O)[C@H](O)[C@H]3NC(C)=O)[C@H]2O)O[C@H](CO)[C@@H](O[C@@H]2O[C@H](CO)[C@H](O)[C@H](O)[C@H]2O)[C@@H]1O. The highest BCUT2D eigenvalue weighted by Gasteiger charge is 2.63. The average molecular weight is 2030 g/mol. The van der Waals surface area contributed by atoms with E-state index in [0.29, 0.717) is 0 Å². The van der Waals surface area contributed by atoms with Crippen molar-refractivity contribution in [2.75, 3.05) is 66.1 Å². The molecular formula is C74H124N4O58S. The van der Waals surface area contributed by atoms with Gasteiger partial charge in [-0.1, -0.05) is 0 Å². The lowest BCUT2D eigenvalue weighted by Gasteiger charge is -2.51. The molecule has 0 aliphatic carbocycles. The Kier molecular flexibility index (Phi) is 40.3. The second-order valence-corrected chi connectivity index (χ2v) is 35.3. The van der Waals surface area contributed by atoms with Crippen molar-refractivity contribution >= 4 is 34.0 Å². The average Bonchev–Trinajstić information content (AvgIpc) is 0.757. The van der Waals surface area contributed by atoms with Crippen LogP contribution in [0.3, 0.4) is 0 Å². The van der Waals surface area contributed by atoms with Crippen LogP contribution in [0.15, 0.2) is 0 Å². The van der Waals surface area contributed by atoms with Gasteiger partial charge >= 0.3 is 10.4 Å². The number of nitrogens with one attached hydrogen (secondary N) is 4. The lowest BCUT2D eigenvalue weighted by molar-refractivity contribution is -0.394. The molecule has 0 aromatic rings. The molecule has 11 aliphatic rings. The number of hydrogen-bond donors (Lipinski definition) is 34. The molecule has 11 saturated heterocycles. The van der Waals surface area contributed by atoms with Gasteiger partial charge in [0.1, 0.15) is 262 Å². The van der Waals surface area contributed by atoms with Crippen LogP contribution in [-0.2, 0) is 133 Å². The van der Waals surface area contributed by atoms with E-state index in [1.807, 2.05) is 0 Å². The van der Waals surface area contributed by atoms with Gasteiger partial charge in [-0.3, -0.25) is 23.7 Å². The summed E-state index contributed by atoms with van der Waals surface area (Å²) in [5.74, 6) is -4.07. The van der Waals surface area contributed by atoms with Crippen molar-refractivity contribution in [3.63, 3.8) is 0 Å². The Morgan fingerprint density at radius 2 is 0.489 bits per heavy atom. The summed E-state index contributed by atoms with van der Waals surface area (Å²) in [5.41, 5.74) is 0. The predicted octanol–water partition coefficient (Wildman–Crippen LogP) is -23.5. The predicted molar refractivity (Wildman–Crippen MR) is 418 cm³/mol. The Balaban J connectivity index is 0.899. The first-order valence-electron chi connectivity index (χ1n) is 43.2. The van der Waals surface area contributed by atoms with Gasteiger partial charge in [0, 0.05) is 27.7 Å². The number of ether oxygens (including phenoxy) is 21. The normalized spacial score (nSPS) is 49.1. The van der Waals surface area contributed by atoms with Crippen LogP contribution in [0, 0.1) is 0 Å². The topological polar surface area (TPSA) is 961 Å². The van der Waals surface area contributed by atoms with Gasteiger partial charge < -0.3 is 269 Å². The van der Waals surface area contributed by atoms with Crippen molar-refractivity contribution in [2.24, 2.45) is 0 Å². The van der Waals surface area contributed by atoms with Crippen LogP contribution >= 0.6 is 0 Å². The summed E-state index contributed by atoms with van der Waals surface area (Å²) in [6.45, 7) is -6.82. The summed E-state index contributed by atoms with van der Waals surface area (Å²) < 4.78 is 162. The van der Waals surface area contributed by atoms with Crippen molar-refractivity contribution in [3.8, 4) is 0 Å². The number of carbonyl (C=O) groups is 4. The van der Waals surface area contributed by atoms with E-state index >= 15 is 0 Å². The number of rotatable bonds is 36. The molecule has 11 rings (SSSR count). The van der Waals surface area contributed by atoms with Crippen molar-refractivity contribution in [1.82, 2.24) is 21.3 Å². The van der Waals surface area contributed by atoms with E-state index in [1.54, 1.807) is 0 Å². The Hall–Kier alpha value is -4.25. The maximum Gasteiger partial charge on any atom is 0.397 e. The lowest BCUT2D eigenvalue weighted by atomic mass is 9.93. The van der Waals surface area contributed by atoms with Gasteiger partial charge in [-0.05, 0) is 6.92 Å². The van der Waals surface area contributed by atoms with Gasteiger partial charge in [0.15, 0.2) is 69.2 Å². The summed E-state index contributed by atoms with van der Waals surface area (Å²) >= 11 is 0. The van der Waals surface area contributed by atoms with E-state index in [2.05, 4.69) is 25.5 Å². The summed E-state index contributed by atoms with van der Waals surface area (Å²) in [6, 6.07) is -8.13. The number of aliphatic hydroxyl groups excluding tert-OH is 29. The number of hydrogen-bond acceptors (Lipinski definition) is 57. The second kappa shape index (κ2) is 48.8. The standard InChI is InChI=1S/C74H124N4O58S/c1-16-35(91)45(101)50(106)69(117-16)135-63-47(103)37(93)22(7-80)121-74(63)132-58-28(13-86)125-68(34(44(58)100)78-20(5)90)133-60-39(95)29(14-115-65-31(75-17(2)87)41(97)55(25(10-83)122-65)128-70-51(107)46(102)36(92)21(6-79)119-70)126-71(52(60)108)129-57-27(12-85)124-67(33(43(57)99)77-19(4)89)134-61-40(96)30(127-72(53(61)109)131-59-24(9-82)118-64(111)49(105)48(59)104)15-116-66-32(76-18(3)88)42(98)56(26(11-84)123-66)130-73-54(110)62(136-137(112,113)114)38(94)23(8-81)120-73/h16,21-74,79-86,91-111H,6-15H2,1-5H3,(H,75,87)(H,76,88)(H,77,89)(H,78,90)(H,112,113,114)/t16-,21+,22+,23+,24+,25+,26+,27+,28+,29+,30+,31+,32+,33+,34+,35+,36-,37-,38-,39-,40-,41+,42+,43+,44+,45+,46-,47-,48+,49+,50-,51+,52+,53+,54+,55+,56+,57+,58+,59+,60-,61-,62-,63+,64?,65+,66+,67-,68-,69-,70-,71-,72-,73-,74-/m0/s1. The highest BCUT2D eigenvalue weighted by Crippen LogP contribution is 2.42. The molecule has 11 fully saturated rings. The second-order valence-electron chi connectivity index (χ2n) is 34.3. The zero-order valence-electron chi connectivity index (χ0n) is 73.1. The molecule has 0 bridgehead atoms. The van der Waals surface area contributed by atoms with Crippen LogP contribution < -0.4 is 21.3 Å². The third-order valence-electron chi connectivity index (χ3n) is 24.7. The zero-order chi connectivity index (χ0) is 101. The van der Waals surface area contributed by atoms with Crippen molar-refractivity contribution in [3.05, 3.63) is 0 Å². The minimum Gasteiger partial charge on any atom is -0.394 e. The Labute approximate surface area is 775 Å². The molecule has 0 aromatic heterocycles. The summed E-state index contributed by atoms with van der Waals surface area (Å²) in [4.78, 5) is 52.7. The van der Waals surface area contributed by atoms with Crippen molar-refractivity contribution < 1.29 is 284 Å². The van der Waals surface area contributed by atoms with E-state index < -0.39 is 438 Å². The zero-order valence-corrected chi connectivity index (χ0v) is 73.9. The fraction of sp³-hybridized carbons (Fsp3) is 0.946. The molecule has 11 aliphatic heterocycles. The maximum absolute atomic E-state index is 13.5. The van der Waals surface area contributed by atoms with Crippen LogP contribution in [0.25, 0.3) is 0 Å². The molecule has 63 heteroatoms. The highest BCUT2D eigenvalue weighted by atomic mass is 32.3. The molecule has 1 unspecified atom stereocenters. The van der Waals surface area contributed by atoms with Gasteiger partial charge in [0.2, 0.25) is 23.6 Å². The first-order chi connectivity index (χ1) is 64.6. The minimum absolute atomic E-state index is 0.847. The highest BCUT2D eigenvalue weighted by molar-refractivity contribution is 7.80. The molecule has 11 heterocycles. The molecule has 137 heavy (non-hydrogen) atoms. The van der Waals surface area contributed by atoms with E-state index in [4.69, 9.17) is 99.5 Å². The molecule has 0 aromatic carbocycles. The fourth-order valence-electron chi connectivity index (χ4n) is 17.5. The number of amides is 4. The Morgan fingerprint density at radius 1 is 0.241 bits per heavy atom. The molecule has 0 radical (unpaired) electrons. The van der Waals surface area contributed by atoms with Crippen LogP contribution in [-0.4, -0.2) is 588 Å². The van der Waals surface area contributed by atoms with E-state index in [-0.39, 0.29) is 0 Å². The van der Waals surface area contributed by atoms with Gasteiger partial charge in [-0.15, -0.1) is 0 Å². The van der Waals surface area contributed by atoms with E-state index in [1.165, 1.54) is 6.92 Å². The number of carbonyl (C=O) groups excluding carboxylic acids is 4. The van der Waals surface area contributed by atoms with Crippen molar-refractivity contribution in [1.29, 1.82) is 0 Å². The molecule has 4 amide bonds. The van der Waals surface area contributed by atoms with Crippen LogP contribution in [0.2, 0.25) is 0 Å². The smallest absolute Gasteiger partial charge is 0.394 e. The maximum atomic E-state index is 13.5. The molecular weight excluding hydrogens is 1900 g/mol. The van der Waals surface area contributed by atoms with Gasteiger partial charge in [-0.25, -0.2) is 4.18 Å².